The summed E-state index contributed by atoms with van der Waals surface area (Å²) in [7, 11) is 0. The molecule has 2 rings (SSSR count). The second-order valence-electron chi connectivity index (χ2n) is 5.39. The Morgan fingerprint density at radius 2 is 2.00 bits per heavy atom. The van der Waals surface area contributed by atoms with E-state index >= 15 is 0 Å². The molecule has 0 aliphatic heterocycles. The van der Waals surface area contributed by atoms with Crippen LogP contribution in [0.2, 0.25) is 0 Å². The van der Waals surface area contributed by atoms with Gasteiger partial charge in [-0.15, -0.1) is 0 Å². The topological polar surface area (TPSA) is 35.8 Å². The maximum atomic E-state index is 9.33. The Hall–Kier alpha value is -0.850. The van der Waals surface area contributed by atoms with Gasteiger partial charge in [-0.1, -0.05) is 53.4 Å². The molecule has 1 saturated carbocycles. The van der Waals surface area contributed by atoms with Gasteiger partial charge in [-0.3, -0.25) is 0 Å². The Morgan fingerprint density at radius 3 is 2.74 bits per heavy atom. The van der Waals surface area contributed by atoms with Crippen LogP contribution in [-0.4, -0.2) is 6.04 Å². The van der Waals surface area contributed by atoms with Crippen LogP contribution in [0.5, 0.6) is 0 Å². The minimum absolute atomic E-state index is 0.160. The lowest BCUT2D eigenvalue weighted by atomic mass is 9.95. The van der Waals surface area contributed by atoms with Crippen molar-refractivity contribution in [2.24, 2.45) is 5.92 Å². The molecule has 1 aromatic rings. The van der Waals surface area contributed by atoms with Gasteiger partial charge in [0.2, 0.25) is 0 Å². The van der Waals surface area contributed by atoms with Crippen LogP contribution in [-0.2, 0) is 0 Å². The highest BCUT2D eigenvalue weighted by Gasteiger charge is 2.25. The molecule has 0 spiro atoms. The monoisotopic (exact) mass is 320 g/mol. The second-order valence-corrected chi connectivity index (χ2v) is 6.24. The van der Waals surface area contributed by atoms with E-state index in [0.717, 1.165) is 17.3 Å². The van der Waals surface area contributed by atoms with Crippen molar-refractivity contribution in [2.45, 2.75) is 51.1 Å². The normalized spacial score (nSPS) is 25.3. The number of benzene rings is 1. The first-order valence-electron chi connectivity index (χ1n) is 7.12. The van der Waals surface area contributed by atoms with Crippen molar-refractivity contribution in [3.8, 4) is 6.07 Å². The molecule has 0 saturated heterocycles. The van der Waals surface area contributed by atoms with E-state index in [-0.39, 0.29) is 12.0 Å². The van der Waals surface area contributed by atoms with Crippen LogP contribution in [0.3, 0.4) is 0 Å². The smallest absolute Gasteiger partial charge is 0.0672 e. The Bertz CT molecular complexity index is 452. The molecule has 2 nitrogen and oxygen atoms in total. The van der Waals surface area contributed by atoms with Gasteiger partial charge in [-0.2, -0.15) is 5.26 Å². The highest BCUT2D eigenvalue weighted by molar-refractivity contribution is 9.10. The lowest BCUT2D eigenvalue weighted by Crippen LogP contribution is -2.36. The Kier molecular flexibility index (Phi) is 5.42. The first kappa shape index (κ1) is 14.6. The van der Waals surface area contributed by atoms with Gasteiger partial charge in [0.05, 0.1) is 12.0 Å². The maximum Gasteiger partial charge on any atom is 0.0672 e. The lowest BCUT2D eigenvalue weighted by Gasteiger charge is -2.26. The van der Waals surface area contributed by atoms with Gasteiger partial charge in [0.25, 0.3) is 0 Å². The number of nitrogens with zero attached hydrogens (tertiary/aromatic N) is 1. The third-order valence-corrected chi connectivity index (χ3v) is 4.74. The molecular weight excluding hydrogens is 300 g/mol. The number of rotatable bonds is 3. The minimum Gasteiger partial charge on any atom is -0.306 e. The van der Waals surface area contributed by atoms with Gasteiger partial charge in [0.1, 0.15) is 0 Å². The molecule has 0 aromatic heterocycles. The molecule has 0 heterocycles. The molecular formula is C16H21BrN2. The van der Waals surface area contributed by atoms with Gasteiger partial charge in [0, 0.05) is 16.6 Å². The third-order valence-electron chi connectivity index (χ3n) is 4.02. The standard InChI is InChI=1S/C16H21BrN2/c1-12(14-8-5-6-9-15(14)17)19-16-10-4-2-3-7-13(16)11-18/h5-6,8-9,12-13,16,19H,2-4,7,10H2,1H3/t12-,13?,16?/m0/s1. The molecule has 1 aliphatic carbocycles. The van der Waals surface area contributed by atoms with Crippen molar-refractivity contribution in [3.05, 3.63) is 34.3 Å². The zero-order valence-electron chi connectivity index (χ0n) is 11.4. The Morgan fingerprint density at radius 1 is 1.26 bits per heavy atom. The summed E-state index contributed by atoms with van der Waals surface area (Å²) in [6, 6.07) is 11.4. The fraction of sp³-hybridized carbons (Fsp3) is 0.562. The van der Waals surface area contributed by atoms with Crippen molar-refractivity contribution in [3.63, 3.8) is 0 Å². The van der Waals surface area contributed by atoms with Crippen LogP contribution in [0.15, 0.2) is 28.7 Å². The highest BCUT2D eigenvalue weighted by atomic mass is 79.9. The molecule has 102 valence electrons. The molecule has 0 radical (unpaired) electrons. The summed E-state index contributed by atoms with van der Waals surface area (Å²) in [5.41, 5.74) is 1.27. The van der Waals surface area contributed by atoms with Crippen LogP contribution in [0.1, 0.15) is 50.6 Å². The summed E-state index contributed by atoms with van der Waals surface area (Å²) >= 11 is 3.60. The van der Waals surface area contributed by atoms with E-state index in [1.807, 2.05) is 6.07 Å². The van der Waals surface area contributed by atoms with Crippen LogP contribution in [0, 0.1) is 17.2 Å². The largest absolute Gasteiger partial charge is 0.306 e. The molecule has 1 aliphatic rings. The van der Waals surface area contributed by atoms with Crippen LogP contribution in [0.4, 0.5) is 0 Å². The average molecular weight is 321 g/mol. The van der Waals surface area contributed by atoms with E-state index in [9.17, 15) is 5.26 Å². The van der Waals surface area contributed by atoms with E-state index in [4.69, 9.17) is 0 Å². The lowest BCUT2D eigenvalue weighted by molar-refractivity contribution is 0.361. The van der Waals surface area contributed by atoms with Crippen LogP contribution in [0.25, 0.3) is 0 Å². The van der Waals surface area contributed by atoms with Crippen LogP contribution < -0.4 is 5.32 Å². The minimum atomic E-state index is 0.160. The predicted octanol–water partition coefficient (Wildman–Crippen LogP) is 4.57. The quantitative estimate of drug-likeness (QED) is 0.828. The summed E-state index contributed by atoms with van der Waals surface area (Å²) < 4.78 is 1.14. The first-order chi connectivity index (χ1) is 9.22. The molecule has 0 amide bonds. The summed E-state index contributed by atoms with van der Waals surface area (Å²) in [4.78, 5) is 0. The van der Waals surface area contributed by atoms with Gasteiger partial charge < -0.3 is 5.32 Å². The molecule has 1 N–H and O–H groups in total. The summed E-state index contributed by atoms with van der Waals surface area (Å²) in [6.45, 7) is 2.18. The van der Waals surface area contributed by atoms with E-state index in [0.29, 0.717) is 6.04 Å². The van der Waals surface area contributed by atoms with Crippen molar-refractivity contribution >= 4 is 15.9 Å². The average Bonchev–Trinajstić information content (AvgIpc) is 2.64. The van der Waals surface area contributed by atoms with E-state index in [2.05, 4.69) is 52.4 Å². The molecule has 1 aromatic carbocycles. The van der Waals surface area contributed by atoms with Gasteiger partial charge in [-0.25, -0.2) is 0 Å². The summed E-state index contributed by atoms with van der Waals surface area (Å²) in [6.07, 6.45) is 5.85. The molecule has 19 heavy (non-hydrogen) atoms. The molecule has 0 bridgehead atoms. The van der Waals surface area contributed by atoms with Gasteiger partial charge in [0.15, 0.2) is 0 Å². The highest BCUT2D eigenvalue weighted by Crippen LogP contribution is 2.28. The number of hydrogen-bond donors (Lipinski definition) is 1. The van der Waals surface area contributed by atoms with Crippen molar-refractivity contribution in [1.29, 1.82) is 5.26 Å². The first-order valence-corrected chi connectivity index (χ1v) is 7.91. The van der Waals surface area contributed by atoms with Crippen molar-refractivity contribution in [2.75, 3.05) is 0 Å². The van der Waals surface area contributed by atoms with Crippen LogP contribution >= 0.6 is 15.9 Å². The third kappa shape index (κ3) is 3.81. The molecule has 3 atom stereocenters. The fourth-order valence-electron chi connectivity index (χ4n) is 2.90. The molecule has 2 unspecified atom stereocenters. The predicted molar refractivity (Wildman–Crippen MR) is 81.7 cm³/mol. The SMILES string of the molecule is C[C@H](NC1CCCCCC1C#N)c1ccccc1Br. The number of halogens is 1. The Balaban J connectivity index is 2.06. The fourth-order valence-corrected chi connectivity index (χ4v) is 3.53. The van der Waals surface area contributed by atoms with E-state index in [1.54, 1.807) is 0 Å². The summed E-state index contributed by atoms with van der Waals surface area (Å²) in [5.74, 6) is 0.160. The number of hydrogen-bond acceptors (Lipinski definition) is 2. The van der Waals surface area contributed by atoms with E-state index in [1.165, 1.54) is 24.8 Å². The molecule has 3 heteroatoms. The van der Waals surface area contributed by atoms with Crippen molar-refractivity contribution in [1.82, 2.24) is 5.32 Å². The van der Waals surface area contributed by atoms with Gasteiger partial charge in [-0.05, 0) is 31.4 Å². The molecule has 1 fully saturated rings. The second kappa shape index (κ2) is 7.07. The summed E-state index contributed by atoms with van der Waals surface area (Å²) in [5, 5.41) is 13.0. The van der Waals surface area contributed by atoms with Gasteiger partial charge >= 0.3 is 0 Å². The van der Waals surface area contributed by atoms with Crippen molar-refractivity contribution < 1.29 is 0 Å². The zero-order valence-corrected chi connectivity index (χ0v) is 13.0. The maximum absolute atomic E-state index is 9.33. The number of nitriles is 1. The zero-order chi connectivity index (χ0) is 13.7. The Labute approximate surface area is 124 Å². The van der Waals surface area contributed by atoms with E-state index < -0.39 is 0 Å². The number of nitrogens with one attached hydrogen (secondary N) is 1.